The molecule has 0 aliphatic carbocycles. The van der Waals surface area contributed by atoms with Crippen molar-refractivity contribution in [3.05, 3.63) is 135 Å². The molecular formula is C39H42N2O5S. The lowest BCUT2D eigenvalue weighted by molar-refractivity contribution is 0.402. The standard InChI is InChI=1S/C39H42N2O5S/c1-23-17-25(3)38(26(4)18-23)40-29-13-15-31(34(21-29)45-7)37(33-11-9-10-12-36(33)47(42,43)44)32-16-14-30(22-35(32)46-8)41-39-27(5)19-24(2)20-28(39)6/h9-22,37,40-41H,1-8H3,(H,42,43,44). The first-order chi connectivity index (χ1) is 22.3. The van der Waals surface area contributed by atoms with Gasteiger partial charge in [-0.05, 0) is 87.6 Å². The molecule has 3 N–H and O–H groups in total. The largest absolute Gasteiger partial charge is 0.496 e. The predicted molar refractivity (Wildman–Crippen MR) is 191 cm³/mol. The molecule has 8 heteroatoms. The highest BCUT2D eigenvalue weighted by Gasteiger charge is 2.29. The molecule has 0 saturated carbocycles. The van der Waals surface area contributed by atoms with Crippen molar-refractivity contribution >= 4 is 32.9 Å². The van der Waals surface area contributed by atoms with Gasteiger partial charge in [-0.15, -0.1) is 0 Å². The average Bonchev–Trinajstić information content (AvgIpc) is 3.01. The maximum Gasteiger partial charge on any atom is 0.294 e. The van der Waals surface area contributed by atoms with Gasteiger partial charge in [0.2, 0.25) is 0 Å². The van der Waals surface area contributed by atoms with Crippen LogP contribution in [0.25, 0.3) is 0 Å². The van der Waals surface area contributed by atoms with Gasteiger partial charge in [-0.1, -0.05) is 65.7 Å². The molecule has 5 rings (SSSR count). The number of aryl methyl sites for hydroxylation is 6. The van der Waals surface area contributed by atoms with Gasteiger partial charge >= 0.3 is 0 Å². The van der Waals surface area contributed by atoms with Crippen LogP contribution in [0.15, 0.2) is 89.8 Å². The Bertz CT molecular complexity index is 1910. The predicted octanol–water partition coefficient (Wildman–Crippen LogP) is 9.47. The average molecular weight is 651 g/mol. The minimum absolute atomic E-state index is 0.185. The summed E-state index contributed by atoms with van der Waals surface area (Å²) in [4.78, 5) is -0.185. The molecule has 0 amide bonds. The van der Waals surface area contributed by atoms with Gasteiger partial charge in [0.25, 0.3) is 10.1 Å². The van der Waals surface area contributed by atoms with E-state index < -0.39 is 16.0 Å². The zero-order chi connectivity index (χ0) is 34.0. The number of benzene rings is 5. The Labute approximate surface area is 278 Å². The second kappa shape index (κ2) is 13.5. The maximum absolute atomic E-state index is 12.7. The van der Waals surface area contributed by atoms with E-state index in [1.807, 2.05) is 36.4 Å². The molecule has 0 saturated heterocycles. The normalized spacial score (nSPS) is 11.4. The Balaban J connectivity index is 1.66. The van der Waals surface area contributed by atoms with E-state index in [1.165, 1.54) is 17.2 Å². The van der Waals surface area contributed by atoms with Crippen LogP contribution < -0.4 is 20.1 Å². The first-order valence-corrected chi connectivity index (χ1v) is 16.9. The van der Waals surface area contributed by atoms with Crippen LogP contribution in [0.3, 0.4) is 0 Å². The van der Waals surface area contributed by atoms with Crippen molar-refractivity contribution in [2.24, 2.45) is 0 Å². The summed E-state index contributed by atoms with van der Waals surface area (Å²) in [6, 6.07) is 26.6. The van der Waals surface area contributed by atoms with Gasteiger partial charge in [0.05, 0.1) is 19.1 Å². The van der Waals surface area contributed by atoms with Gasteiger partial charge in [-0.3, -0.25) is 4.55 Å². The second-order valence-electron chi connectivity index (χ2n) is 12.2. The Hall–Kier alpha value is -4.79. The summed E-state index contributed by atoms with van der Waals surface area (Å²) in [7, 11) is -1.38. The first-order valence-electron chi connectivity index (χ1n) is 15.4. The molecule has 0 aromatic heterocycles. The van der Waals surface area contributed by atoms with Gasteiger partial charge < -0.3 is 20.1 Å². The van der Waals surface area contributed by atoms with Crippen LogP contribution in [0, 0.1) is 41.5 Å². The summed E-state index contributed by atoms with van der Waals surface area (Å²) in [5.74, 6) is 0.414. The first kappa shape index (κ1) is 33.6. The molecular weight excluding hydrogens is 609 g/mol. The van der Waals surface area contributed by atoms with E-state index in [2.05, 4.69) is 76.4 Å². The third-order valence-electron chi connectivity index (χ3n) is 8.49. The number of anilines is 4. The topological polar surface area (TPSA) is 96.9 Å². The Morgan fingerprint density at radius 1 is 0.574 bits per heavy atom. The number of rotatable bonds is 10. The summed E-state index contributed by atoms with van der Waals surface area (Å²) in [5.41, 5.74) is 12.4. The molecule has 244 valence electrons. The van der Waals surface area contributed by atoms with Crippen molar-refractivity contribution in [2.75, 3.05) is 24.9 Å². The zero-order valence-corrected chi connectivity index (χ0v) is 29.0. The fourth-order valence-corrected chi connectivity index (χ4v) is 7.29. The number of ether oxygens (including phenoxy) is 2. The van der Waals surface area contributed by atoms with Crippen molar-refractivity contribution in [1.82, 2.24) is 0 Å². The highest BCUT2D eigenvalue weighted by molar-refractivity contribution is 7.85. The molecule has 0 radical (unpaired) electrons. The van der Waals surface area contributed by atoms with E-state index in [1.54, 1.807) is 32.4 Å². The molecule has 5 aromatic rings. The van der Waals surface area contributed by atoms with Crippen LogP contribution in [0.5, 0.6) is 11.5 Å². The van der Waals surface area contributed by atoms with E-state index >= 15 is 0 Å². The van der Waals surface area contributed by atoms with Crippen LogP contribution in [-0.2, 0) is 10.1 Å². The van der Waals surface area contributed by atoms with Crippen molar-refractivity contribution in [3.8, 4) is 11.5 Å². The summed E-state index contributed by atoms with van der Waals surface area (Å²) in [6.45, 7) is 12.4. The van der Waals surface area contributed by atoms with Crippen LogP contribution in [-0.4, -0.2) is 27.2 Å². The van der Waals surface area contributed by atoms with E-state index in [0.29, 0.717) is 28.2 Å². The van der Waals surface area contributed by atoms with Crippen LogP contribution >= 0.6 is 0 Å². The lowest BCUT2D eigenvalue weighted by Gasteiger charge is -2.26. The van der Waals surface area contributed by atoms with Crippen molar-refractivity contribution in [3.63, 3.8) is 0 Å². The van der Waals surface area contributed by atoms with Gasteiger partial charge in [0.1, 0.15) is 11.5 Å². The third-order valence-corrected chi connectivity index (χ3v) is 9.42. The number of hydrogen-bond donors (Lipinski definition) is 3. The highest BCUT2D eigenvalue weighted by atomic mass is 32.2. The Morgan fingerprint density at radius 2 is 0.979 bits per heavy atom. The third kappa shape index (κ3) is 7.14. The fraction of sp³-hybridized carbons (Fsp3) is 0.231. The Kier molecular flexibility index (Phi) is 9.65. The van der Waals surface area contributed by atoms with Crippen molar-refractivity contribution in [1.29, 1.82) is 0 Å². The summed E-state index contributed by atoms with van der Waals surface area (Å²) in [5, 5.41) is 7.08. The second-order valence-corrected chi connectivity index (χ2v) is 13.5. The molecule has 0 aliphatic rings. The smallest absolute Gasteiger partial charge is 0.294 e. The van der Waals surface area contributed by atoms with E-state index in [-0.39, 0.29) is 4.90 Å². The lowest BCUT2D eigenvalue weighted by Crippen LogP contribution is -2.12. The van der Waals surface area contributed by atoms with Crippen molar-refractivity contribution < 1.29 is 22.4 Å². The lowest BCUT2D eigenvalue weighted by atomic mass is 9.83. The summed E-state index contributed by atoms with van der Waals surface area (Å²) < 4.78 is 47.6. The van der Waals surface area contributed by atoms with Crippen LogP contribution in [0.1, 0.15) is 56.0 Å². The van der Waals surface area contributed by atoms with Gasteiger partial charge in [0, 0.05) is 51.9 Å². The molecule has 0 fully saturated rings. The summed E-state index contributed by atoms with van der Waals surface area (Å²) >= 11 is 0. The van der Waals surface area contributed by atoms with E-state index in [0.717, 1.165) is 45.0 Å². The number of methoxy groups -OCH3 is 2. The van der Waals surface area contributed by atoms with Crippen LogP contribution in [0.2, 0.25) is 0 Å². The molecule has 0 spiro atoms. The molecule has 5 aromatic carbocycles. The van der Waals surface area contributed by atoms with Gasteiger partial charge in [0.15, 0.2) is 0 Å². The van der Waals surface area contributed by atoms with Gasteiger partial charge in [-0.2, -0.15) is 8.42 Å². The number of hydrogen-bond acceptors (Lipinski definition) is 6. The fourth-order valence-electron chi connectivity index (χ4n) is 6.55. The monoisotopic (exact) mass is 650 g/mol. The quantitative estimate of drug-likeness (QED) is 0.102. The molecule has 0 unspecified atom stereocenters. The minimum atomic E-state index is -4.56. The molecule has 0 heterocycles. The molecule has 0 bridgehead atoms. The maximum atomic E-state index is 12.7. The zero-order valence-electron chi connectivity index (χ0n) is 28.1. The Morgan fingerprint density at radius 3 is 1.36 bits per heavy atom. The van der Waals surface area contributed by atoms with E-state index in [9.17, 15) is 13.0 Å². The summed E-state index contributed by atoms with van der Waals surface area (Å²) in [6.07, 6.45) is 0. The molecule has 47 heavy (non-hydrogen) atoms. The highest BCUT2D eigenvalue weighted by Crippen LogP contribution is 2.45. The SMILES string of the molecule is COc1cc(Nc2c(C)cc(C)cc2C)ccc1C(c1ccc(Nc2c(C)cc(C)cc2C)cc1OC)c1ccccc1S(=O)(=O)O. The van der Waals surface area contributed by atoms with Gasteiger partial charge in [-0.25, -0.2) is 0 Å². The van der Waals surface area contributed by atoms with Crippen molar-refractivity contribution in [2.45, 2.75) is 52.4 Å². The minimum Gasteiger partial charge on any atom is -0.496 e. The molecule has 0 aliphatic heterocycles. The molecule has 0 atom stereocenters. The number of nitrogens with one attached hydrogen (secondary N) is 2. The molecule has 7 nitrogen and oxygen atoms in total. The van der Waals surface area contributed by atoms with E-state index in [4.69, 9.17) is 9.47 Å². The van der Waals surface area contributed by atoms with Crippen LogP contribution in [0.4, 0.5) is 22.7 Å².